The Kier molecular flexibility index (Phi) is 6.25. The van der Waals surface area contributed by atoms with Gasteiger partial charge in [0.05, 0.1) is 29.1 Å². The molecule has 0 bridgehead atoms. The monoisotopic (exact) mass is 401 g/mol. The number of hydrogen-bond acceptors (Lipinski definition) is 5. The van der Waals surface area contributed by atoms with Gasteiger partial charge >= 0.3 is 5.97 Å². The summed E-state index contributed by atoms with van der Waals surface area (Å²) in [5.74, 6) is -0.984. The van der Waals surface area contributed by atoms with Crippen LogP contribution in [0.4, 0.5) is 5.69 Å². The lowest BCUT2D eigenvalue weighted by Gasteiger charge is -2.11. The summed E-state index contributed by atoms with van der Waals surface area (Å²) in [6, 6.07) is 9.92. The molecule has 6 nitrogen and oxygen atoms in total. The van der Waals surface area contributed by atoms with E-state index in [0.29, 0.717) is 34.4 Å². The lowest BCUT2D eigenvalue weighted by Crippen LogP contribution is -2.17. The van der Waals surface area contributed by atoms with E-state index in [0.717, 1.165) is 0 Å². The van der Waals surface area contributed by atoms with Crippen molar-refractivity contribution in [2.24, 2.45) is 0 Å². The molecule has 0 spiro atoms. The normalized spacial score (nSPS) is 10.0. The zero-order valence-electron chi connectivity index (χ0n) is 13.8. The highest BCUT2D eigenvalue weighted by atomic mass is 79.9. The summed E-state index contributed by atoms with van der Waals surface area (Å²) in [5, 5.41) is 11.6. The molecule has 0 radical (unpaired) electrons. The van der Waals surface area contributed by atoms with Crippen LogP contribution in [0.1, 0.15) is 45.4 Å². The Morgan fingerprint density at radius 3 is 2.72 bits per heavy atom. The van der Waals surface area contributed by atoms with Crippen molar-refractivity contribution in [1.82, 2.24) is 4.98 Å². The Labute approximate surface area is 154 Å². The molecular formula is C18H16BrN3O3. The predicted octanol–water partition coefficient (Wildman–Crippen LogP) is 3.84. The number of nitrogens with zero attached hydrogens (tertiary/aromatic N) is 2. The Morgan fingerprint density at radius 2 is 2.08 bits per heavy atom. The summed E-state index contributed by atoms with van der Waals surface area (Å²) < 4.78 is 5.84. The molecule has 0 atom stereocenters. The van der Waals surface area contributed by atoms with E-state index in [2.05, 4.69) is 26.2 Å². The standard InChI is InChI=1S/C18H16BrN3O3/c1-3-8-25-18(24)14-9-13(19)5-7-15(14)22-17(23)16-6-4-12(10-20)11(2)21-16/h4-7,9H,3,8H2,1-2H3,(H,22,23). The Balaban J connectivity index is 2.27. The van der Waals surface area contributed by atoms with Gasteiger partial charge in [0.15, 0.2) is 0 Å². The maximum atomic E-state index is 12.4. The van der Waals surface area contributed by atoms with Crippen molar-refractivity contribution in [2.45, 2.75) is 20.3 Å². The predicted molar refractivity (Wildman–Crippen MR) is 96.4 cm³/mol. The third-order valence-electron chi connectivity index (χ3n) is 3.33. The second-order valence-corrected chi connectivity index (χ2v) is 6.14. The molecule has 128 valence electrons. The first-order chi connectivity index (χ1) is 12.0. The Hall–Kier alpha value is -2.72. The van der Waals surface area contributed by atoms with Gasteiger partial charge in [0.25, 0.3) is 5.91 Å². The van der Waals surface area contributed by atoms with Crippen molar-refractivity contribution in [3.05, 3.63) is 57.3 Å². The van der Waals surface area contributed by atoms with E-state index in [4.69, 9.17) is 10.00 Å². The summed E-state index contributed by atoms with van der Waals surface area (Å²) in [7, 11) is 0. The lowest BCUT2D eigenvalue weighted by molar-refractivity contribution is 0.0506. The molecule has 1 aromatic heterocycles. The number of nitriles is 1. The maximum absolute atomic E-state index is 12.4. The third kappa shape index (κ3) is 4.64. The van der Waals surface area contributed by atoms with Crippen molar-refractivity contribution >= 4 is 33.5 Å². The van der Waals surface area contributed by atoms with Gasteiger partial charge in [-0.15, -0.1) is 0 Å². The molecule has 1 amide bonds. The van der Waals surface area contributed by atoms with Crippen LogP contribution in [0.2, 0.25) is 0 Å². The molecule has 0 aliphatic carbocycles. The Bertz CT molecular complexity index is 859. The highest BCUT2D eigenvalue weighted by Crippen LogP contribution is 2.23. The first-order valence-corrected chi connectivity index (χ1v) is 8.41. The number of aromatic nitrogens is 1. The summed E-state index contributed by atoms with van der Waals surface area (Å²) in [6.45, 7) is 3.85. The number of hydrogen-bond donors (Lipinski definition) is 1. The molecule has 0 aliphatic heterocycles. The second kappa shape index (κ2) is 8.40. The van der Waals surface area contributed by atoms with Crippen LogP contribution in [-0.4, -0.2) is 23.5 Å². The molecule has 25 heavy (non-hydrogen) atoms. The molecule has 1 N–H and O–H groups in total. The second-order valence-electron chi connectivity index (χ2n) is 5.22. The fraction of sp³-hybridized carbons (Fsp3) is 0.222. The number of esters is 1. The number of amides is 1. The zero-order valence-corrected chi connectivity index (χ0v) is 15.4. The highest BCUT2D eigenvalue weighted by Gasteiger charge is 2.17. The summed E-state index contributed by atoms with van der Waals surface area (Å²) in [4.78, 5) is 28.7. The molecule has 1 heterocycles. The van der Waals surface area contributed by atoms with Crippen molar-refractivity contribution < 1.29 is 14.3 Å². The van der Waals surface area contributed by atoms with Crippen LogP contribution in [-0.2, 0) is 4.74 Å². The van der Waals surface area contributed by atoms with Gasteiger partial charge in [-0.3, -0.25) is 4.79 Å². The molecule has 0 saturated carbocycles. The van der Waals surface area contributed by atoms with Gasteiger partial charge < -0.3 is 10.1 Å². The fourth-order valence-electron chi connectivity index (χ4n) is 2.06. The van der Waals surface area contributed by atoms with Gasteiger partial charge in [-0.2, -0.15) is 5.26 Å². The van der Waals surface area contributed by atoms with Crippen LogP contribution in [0.3, 0.4) is 0 Å². The molecular weight excluding hydrogens is 386 g/mol. The number of carbonyl (C=O) groups excluding carboxylic acids is 2. The number of rotatable bonds is 5. The zero-order chi connectivity index (χ0) is 18.4. The van der Waals surface area contributed by atoms with Gasteiger partial charge in [0.1, 0.15) is 11.8 Å². The van der Waals surface area contributed by atoms with Crippen LogP contribution in [0.5, 0.6) is 0 Å². The molecule has 2 rings (SSSR count). The molecule has 0 fully saturated rings. The number of pyridine rings is 1. The van der Waals surface area contributed by atoms with Crippen molar-refractivity contribution in [3.63, 3.8) is 0 Å². The van der Waals surface area contributed by atoms with Crippen LogP contribution < -0.4 is 5.32 Å². The van der Waals surface area contributed by atoms with Gasteiger partial charge in [0, 0.05) is 4.47 Å². The number of anilines is 1. The number of carbonyl (C=O) groups is 2. The van der Waals surface area contributed by atoms with Gasteiger partial charge in [0.2, 0.25) is 0 Å². The minimum Gasteiger partial charge on any atom is -0.462 e. The largest absolute Gasteiger partial charge is 0.462 e. The quantitative estimate of drug-likeness (QED) is 0.768. The van der Waals surface area contributed by atoms with Crippen molar-refractivity contribution in [1.29, 1.82) is 5.26 Å². The van der Waals surface area contributed by atoms with Gasteiger partial charge in [-0.1, -0.05) is 22.9 Å². The first-order valence-electron chi connectivity index (χ1n) is 7.62. The van der Waals surface area contributed by atoms with Crippen LogP contribution in [0, 0.1) is 18.3 Å². The number of aryl methyl sites for hydroxylation is 1. The SMILES string of the molecule is CCCOC(=O)c1cc(Br)ccc1NC(=O)c1ccc(C#N)c(C)n1. The van der Waals surface area contributed by atoms with Crippen LogP contribution in [0.25, 0.3) is 0 Å². The minimum absolute atomic E-state index is 0.160. The van der Waals surface area contributed by atoms with E-state index in [-0.39, 0.29) is 11.3 Å². The summed E-state index contributed by atoms with van der Waals surface area (Å²) in [5.41, 5.74) is 1.62. The van der Waals surface area contributed by atoms with E-state index in [1.54, 1.807) is 25.1 Å². The molecule has 2 aromatic rings. The average Bonchev–Trinajstić information content (AvgIpc) is 2.60. The van der Waals surface area contributed by atoms with Crippen LogP contribution in [0.15, 0.2) is 34.8 Å². The smallest absolute Gasteiger partial charge is 0.340 e. The van der Waals surface area contributed by atoms with Crippen molar-refractivity contribution in [2.75, 3.05) is 11.9 Å². The van der Waals surface area contributed by atoms with E-state index in [9.17, 15) is 9.59 Å². The van der Waals surface area contributed by atoms with Crippen LogP contribution >= 0.6 is 15.9 Å². The van der Waals surface area contributed by atoms with Gasteiger partial charge in [-0.05, 0) is 43.7 Å². The molecule has 1 aromatic carbocycles. The summed E-state index contributed by atoms with van der Waals surface area (Å²) >= 11 is 3.31. The fourth-order valence-corrected chi connectivity index (χ4v) is 2.42. The van der Waals surface area contributed by atoms with E-state index in [1.807, 2.05) is 13.0 Å². The highest BCUT2D eigenvalue weighted by molar-refractivity contribution is 9.10. The first kappa shape index (κ1) is 18.6. The Morgan fingerprint density at radius 1 is 1.32 bits per heavy atom. The summed E-state index contributed by atoms with van der Waals surface area (Å²) in [6.07, 6.45) is 0.704. The third-order valence-corrected chi connectivity index (χ3v) is 3.82. The lowest BCUT2D eigenvalue weighted by atomic mass is 10.1. The average molecular weight is 402 g/mol. The topological polar surface area (TPSA) is 92.1 Å². The number of nitrogens with one attached hydrogen (secondary N) is 1. The molecule has 0 saturated heterocycles. The maximum Gasteiger partial charge on any atom is 0.340 e. The van der Waals surface area contributed by atoms with Crippen molar-refractivity contribution in [3.8, 4) is 6.07 Å². The van der Waals surface area contributed by atoms with E-state index < -0.39 is 11.9 Å². The van der Waals surface area contributed by atoms with Gasteiger partial charge in [-0.25, -0.2) is 9.78 Å². The molecule has 7 heteroatoms. The van der Waals surface area contributed by atoms with E-state index in [1.165, 1.54) is 12.1 Å². The number of halogens is 1. The number of benzene rings is 1. The molecule has 0 unspecified atom stereocenters. The number of ether oxygens (including phenoxy) is 1. The molecule has 0 aliphatic rings. The van der Waals surface area contributed by atoms with E-state index >= 15 is 0 Å². The minimum atomic E-state index is -0.512.